The van der Waals surface area contributed by atoms with Gasteiger partial charge < -0.3 is 19.5 Å². The van der Waals surface area contributed by atoms with Gasteiger partial charge in [0.2, 0.25) is 6.79 Å². The number of alkyl halides is 3. The van der Waals surface area contributed by atoms with Crippen molar-refractivity contribution in [3.63, 3.8) is 0 Å². The summed E-state index contributed by atoms with van der Waals surface area (Å²) in [5.74, 6) is 1.00. The summed E-state index contributed by atoms with van der Waals surface area (Å²) in [6.45, 7) is -1.56. The van der Waals surface area contributed by atoms with Crippen LogP contribution in [0.3, 0.4) is 0 Å². The van der Waals surface area contributed by atoms with Crippen molar-refractivity contribution in [3.05, 3.63) is 23.8 Å². The molecule has 2 rings (SSSR count). The maximum absolute atomic E-state index is 11.8. The highest BCUT2D eigenvalue weighted by Gasteiger charge is 2.29. The summed E-state index contributed by atoms with van der Waals surface area (Å²) in [4.78, 5) is 11.1. The number of carbonyl (C=O) groups is 1. The molecule has 19 heavy (non-hydrogen) atoms. The highest BCUT2D eigenvalue weighted by Crippen LogP contribution is 2.35. The van der Waals surface area contributed by atoms with Crippen LogP contribution in [0.1, 0.15) is 5.56 Å². The van der Waals surface area contributed by atoms with E-state index in [1.165, 1.54) is 0 Å². The number of benzene rings is 1. The zero-order valence-corrected chi connectivity index (χ0v) is 9.62. The molecule has 0 radical (unpaired) electrons. The maximum atomic E-state index is 11.8. The molecular weight excluding hydrogens is 267 g/mol. The van der Waals surface area contributed by atoms with Gasteiger partial charge in [-0.2, -0.15) is 13.2 Å². The van der Waals surface area contributed by atoms with Crippen LogP contribution in [0, 0.1) is 0 Å². The molecule has 0 aromatic heterocycles. The van der Waals surface area contributed by atoms with E-state index < -0.39 is 18.9 Å². The Morgan fingerprint density at radius 2 is 2.16 bits per heavy atom. The minimum Gasteiger partial charge on any atom is -0.454 e. The van der Waals surface area contributed by atoms with Crippen molar-refractivity contribution in [1.82, 2.24) is 5.32 Å². The van der Waals surface area contributed by atoms with Crippen molar-refractivity contribution >= 4 is 6.09 Å². The summed E-state index contributed by atoms with van der Waals surface area (Å²) in [6.07, 6.45) is -5.68. The number of hydrogen-bond acceptors (Lipinski definition) is 4. The summed E-state index contributed by atoms with van der Waals surface area (Å²) in [5.41, 5.74) is 0.596. The van der Waals surface area contributed by atoms with Gasteiger partial charge in [-0.1, -0.05) is 12.1 Å². The normalized spacial score (nSPS) is 13.2. The largest absolute Gasteiger partial charge is 0.454 e. The summed E-state index contributed by atoms with van der Waals surface area (Å²) < 4.78 is 49.8. The Balaban J connectivity index is 1.86. The zero-order chi connectivity index (χ0) is 13.9. The van der Waals surface area contributed by atoms with Crippen molar-refractivity contribution in [3.8, 4) is 11.5 Å². The van der Waals surface area contributed by atoms with Gasteiger partial charge in [0.25, 0.3) is 0 Å². The van der Waals surface area contributed by atoms with Crippen molar-refractivity contribution in [2.75, 3.05) is 13.4 Å². The molecule has 0 saturated carbocycles. The number of halogens is 3. The Bertz CT molecular complexity index is 475. The van der Waals surface area contributed by atoms with Gasteiger partial charge in [-0.15, -0.1) is 0 Å². The van der Waals surface area contributed by atoms with E-state index in [0.717, 1.165) is 0 Å². The summed E-state index contributed by atoms with van der Waals surface area (Å²) >= 11 is 0. The molecule has 0 unspecified atom stereocenters. The van der Waals surface area contributed by atoms with Gasteiger partial charge in [-0.3, -0.25) is 0 Å². The van der Waals surface area contributed by atoms with Crippen LogP contribution < -0.4 is 14.8 Å². The molecule has 0 saturated heterocycles. The minimum absolute atomic E-state index is 0.0107. The first-order valence-electron chi connectivity index (χ1n) is 5.30. The molecule has 5 nitrogen and oxygen atoms in total. The number of carbonyl (C=O) groups excluding carboxylic acids is 1. The molecule has 0 bridgehead atoms. The first-order chi connectivity index (χ1) is 8.96. The predicted octanol–water partition coefficient (Wildman–Crippen LogP) is 2.20. The standard InChI is InChI=1S/C11H10F3NO4/c12-11(13,14)5-17-10(16)15-4-7-2-1-3-8-9(7)19-6-18-8/h1-3H,4-6H2,(H,15,16). The average molecular weight is 277 g/mol. The monoisotopic (exact) mass is 277 g/mol. The molecule has 1 aromatic carbocycles. The number of para-hydroxylation sites is 1. The van der Waals surface area contributed by atoms with E-state index in [-0.39, 0.29) is 13.3 Å². The summed E-state index contributed by atoms with van der Waals surface area (Å²) in [5, 5.41) is 2.20. The maximum Gasteiger partial charge on any atom is 0.422 e. The zero-order valence-electron chi connectivity index (χ0n) is 9.62. The van der Waals surface area contributed by atoms with Crippen molar-refractivity contribution in [2.45, 2.75) is 12.7 Å². The molecule has 8 heteroatoms. The van der Waals surface area contributed by atoms with Gasteiger partial charge in [0.05, 0.1) is 0 Å². The summed E-state index contributed by atoms with van der Waals surface area (Å²) in [7, 11) is 0. The number of hydrogen-bond donors (Lipinski definition) is 1. The van der Waals surface area contributed by atoms with Crippen LogP contribution >= 0.6 is 0 Å². The predicted molar refractivity (Wildman–Crippen MR) is 56.8 cm³/mol. The third-order valence-electron chi connectivity index (χ3n) is 2.27. The van der Waals surface area contributed by atoms with E-state index in [1.54, 1.807) is 18.2 Å². The lowest BCUT2D eigenvalue weighted by Gasteiger charge is -2.10. The Kier molecular flexibility index (Phi) is 3.68. The molecule has 1 aromatic rings. The van der Waals surface area contributed by atoms with Crippen LogP contribution in [0.4, 0.5) is 18.0 Å². The van der Waals surface area contributed by atoms with Crippen LogP contribution in [0.15, 0.2) is 18.2 Å². The fraction of sp³-hybridized carbons (Fsp3) is 0.364. The van der Waals surface area contributed by atoms with Crippen LogP contribution in [0.2, 0.25) is 0 Å². The first kappa shape index (κ1) is 13.3. The Hall–Kier alpha value is -2.12. The third kappa shape index (κ3) is 3.67. The molecule has 0 spiro atoms. The average Bonchev–Trinajstić information content (AvgIpc) is 2.81. The highest BCUT2D eigenvalue weighted by atomic mass is 19.4. The molecule has 1 N–H and O–H groups in total. The SMILES string of the molecule is O=C(NCc1cccc2c1OCO2)OCC(F)(F)F. The highest BCUT2D eigenvalue weighted by molar-refractivity contribution is 5.67. The Morgan fingerprint density at radius 3 is 2.89 bits per heavy atom. The molecule has 104 valence electrons. The van der Waals surface area contributed by atoms with Crippen LogP contribution in [-0.4, -0.2) is 25.7 Å². The number of amides is 1. The fourth-order valence-electron chi connectivity index (χ4n) is 1.50. The summed E-state index contributed by atoms with van der Waals surface area (Å²) in [6, 6.07) is 5.04. The second kappa shape index (κ2) is 5.25. The van der Waals surface area contributed by atoms with E-state index in [4.69, 9.17) is 9.47 Å². The van der Waals surface area contributed by atoms with Crippen molar-refractivity contribution < 1.29 is 32.2 Å². The van der Waals surface area contributed by atoms with Gasteiger partial charge in [0.1, 0.15) is 0 Å². The smallest absolute Gasteiger partial charge is 0.422 e. The lowest BCUT2D eigenvalue weighted by molar-refractivity contribution is -0.160. The Morgan fingerprint density at radius 1 is 1.37 bits per heavy atom. The quantitative estimate of drug-likeness (QED) is 0.920. The van der Waals surface area contributed by atoms with E-state index in [9.17, 15) is 18.0 Å². The van der Waals surface area contributed by atoms with Gasteiger partial charge in [0.15, 0.2) is 18.1 Å². The van der Waals surface area contributed by atoms with Gasteiger partial charge in [0, 0.05) is 12.1 Å². The number of rotatable bonds is 3. The molecule has 0 aliphatic carbocycles. The van der Waals surface area contributed by atoms with E-state index >= 15 is 0 Å². The number of fused-ring (bicyclic) bond motifs is 1. The van der Waals surface area contributed by atoms with Gasteiger partial charge in [-0.05, 0) is 6.07 Å². The number of alkyl carbamates (subject to hydrolysis) is 1. The van der Waals surface area contributed by atoms with Crippen LogP contribution in [-0.2, 0) is 11.3 Å². The second-order valence-electron chi connectivity index (χ2n) is 3.70. The van der Waals surface area contributed by atoms with E-state index in [0.29, 0.717) is 17.1 Å². The van der Waals surface area contributed by atoms with Crippen LogP contribution in [0.5, 0.6) is 11.5 Å². The Labute approximate surface area is 106 Å². The number of ether oxygens (including phenoxy) is 3. The molecule has 1 aliphatic heterocycles. The van der Waals surface area contributed by atoms with E-state index in [1.807, 2.05) is 0 Å². The topological polar surface area (TPSA) is 56.8 Å². The molecule has 0 fully saturated rings. The van der Waals surface area contributed by atoms with Crippen molar-refractivity contribution in [2.24, 2.45) is 0 Å². The minimum atomic E-state index is -4.54. The molecular formula is C11H10F3NO4. The van der Waals surface area contributed by atoms with Gasteiger partial charge in [-0.25, -0.2) is 4.79 Å². The van der Waals surface area contributed by atoms with E-state index in [2.05, 4.69) is 10.1 Å². The third-order valence-corrected chi connectivity index (χ3v) is 2.27. The molecule has 1 heterocycles. The molecule has 0 atom stereocenters. The van der Waals surface area contributed by atoms with Crippen molar-refractivity contribution in [1.29, 1.82) is 0 Å². The second-order valence-corrected chi connectivity index (χ2v) is 3.70. The lowest BCUT2D eigenvalue weighted by Crippen LogP contribution is -2.28. The molecule has 1 amide bonds. The van der Waals surface area contributed by atoms with Crippen LogP contribution in [0.25, 0.3) is 0 Å². The van der Waals surface area contributed by atoms with Gasteiger partial charge >= 0.3 is 12.3 Å². The fourth-order valence-corrected chi connectivity index (χ4v) is 1.50. The first-order valence-corrected chi connectivity index (χ1v) is 5.30. The lowest BCUT2D eigenvalue weighted by atomic mass is 10.2. The molecule has 1 aliphatic rings. The number of nitrogens with one attached hydrogen (secondary N) is 1.